The number of carbonyl (C=O) groups excluding carboxylic acids is 1. The molecule has 0 saturated carbocycles. The lowest BCUT2D eigenvalue weighted by molar-refractivity contribution is 0.0951. The first-order chi connectivity index (χ1) is 21.6. The van der Waals surface area contributed by atoms with Crippen LogP contribution in [0.25, 0.3) is 0 Å². The van der Waals surface area contributed by atoms with Gasteiger partial charge in [0, 0.05) is 37.0 Å². The molecule has 1 aromatic heterocycles. The van der Waals surface area contributed by atoms with Crippen molar-refractivity contribution in [2.75, 3.05) is 18.2 Å². The fourth-order valence-corrected chi connectivity index (χ4v) is 5.87. The molecule has 1 aliphatic rings. The summed E-state index contributed by atoms with van der Waals surface area (Å²) in [6.07, 6.45) is 0.883. The van der Waals surface area contributed by atoms with Crippen LogP contribution >= 0.6 is 23.4 Å². The standard InChI is InChI=1S/C35H31ClN4O3S/c36-32-20-33(40(22-26-9-5-2-6-10-26)18-17-25-7-3-1-4-8-25)39-35(38-32)44-23-27-11-14-29(15-12-27)34(41)37-21-28-13-16-30-31(19-28)43-24-42-30/h1-16,19-20H,17-18,21-24H2,(H,37,41). The Morgan fingerprint density at radius 2 is 1.50 bits per heavy atom. The number of carbonyl (C=O) groups is 1. The monoisotopic (exact) mass is 622 g/mol. The summed E-state index contributed by atoms with van der Waals surface area (Å²) in [7, 11) is 0. The highest BCUT2D eigenvalue weighted by Crippen LogP contribution is 2.32. The highest BCUT2D eigenvalue weighted by molar-refractivity contribution is 7.98. The van der Waals surface area contributed by atoms with Crippen molar-refractivity contribution in [2.45, 2.75) is 30.4 Å². The van der Waals surface area contributed by atoms with Gasteiger partial charge < -0.3 is 19.7 Å². The zero-order chi connectivity index (χ0) is 30.1. The molecule has 0 saturated heterocycles. The Kier molecular flexibility index (Phi) is 9.60. The van der Waals surface area contributed by atoms with Gasteiger partial charge in [-0.15, -0.1) is 0 Å². The topological polar surface area (TPSA) is 76.6 Å². The van der Waals surface area contributed by atoms with Crippen molar-refractivity contribution in [3.63, 3.8) is 0 Å². The lowest BCUT2D eigenvalue weighted by atomic mass is 10.1. The third-order valence-corrected chi connectivity index (χ3v) is 8.30. The number of nitrogens with one attached hydrogen (secondary N) is 1. The molecule has 4 aromatic carbocycles. The molecule has 0 bridgehead atoms. The number of ether oxygens (including phenoxy) is 2. The van der Waals surface area contributed by atoms with Crippen molar-refractivity contribution in [1.29, 1.82) is 0 Å². The number of thioether (sulfide) groups is 1. The van der Waals surface area contributed by atoms with Crippen molar-refractivity contribution in [3.05, 3.63) is 142 Å². The lowest BCUT2D eigenvalue weighted by Crippen LogP contribution is -2.26. The second-order valence-corrected chi connectivity index (χ2v) is 11.7. The van der Waals surface area contributed by atoms with Gasteiger partial charge in [0.1, 0.15) is 11.0 Å². The van der Waals surface area contributed by atoms with E-state index >= 15 is 0 Å². The second-order valence-electron chi connectivity index (χ2n) is 10.3. The molecule has 0 unspecified atom stereocenters. The predicted molar refractivity (Wildman–Crippen MR) is 174 cm³/mol. The van der Waals surface area contributed by atoms with Gasteiger partial charge in [0.15, 0.2) is 16.7 Å². The SMILES string of the molecule is O=C(NCc1ccc2c(c1)OCO2)c1ccc(CSc2nc(Cl)cc(N(CCc3ccccc3)Cc3ccccc3)n2)cc1. The van der Waals surface area contributed by atoms with Crippen molar-refractivity contribution in [3.8, 4) is 11.5 Å². The number of anilines is 1. The Bertz CT molecular complexity index is 1710. The maximum Gasteiger partial charge on any atom is 0.251 e. The van der Waals surface area contributed by atoms with Crippen LogP contribution in [0.3, 0.4) is 0 Å². The van der Waals surface area contributed by atoms with E-state index in [0.717, 1.165) is 35.7 Å². The number of hydrogen-bond donors (Lipinski definition) is 1. The summed E-state index contributed by atoms with van der Waals surface area (Å²) >= 11 is 8.02. The summed E-state index contributed by atoms with van der Waals surface area (Å²) < 4.78 is 10.8. The molecule has 0 aliphatic carbocycles. The number of halogens is 1. The normalized spacial score (nSPS) is 11.8. The Balaban J connectivity index is 1.08. The molecular weight excluding hydrogens is 592 g/mol. The Morgan fingerprint density at radius 3 is 2.27 bits per heavy atom. The third-order valence-electron chi connectivity index (χ3n) is 7.19. The largest absolute Gasteiger partial charge is 0.454 e. The molecule has 44 heavy (non-hydrogen) atoms. The number of fused-ring (bicyclic) bond motifs is 1. The number of amides is 1. The van der Waals surface area contributed by atoms with E-state index in [1.54, 1.807) is 0 Å². The molecule has 1 amide bonds. The third kappa shape index (κ3) is 7.89. The Hall–Kier alpha value is -4.53. The van der Waals surface area contributed by atoms with Crippen molar-refractivity contribution >= 4 is 35.1 Å². The van der Waals surface area contributed by atoms with Crippen molar-refractivity contribution < 1.29 is 14.3 Å². The van der Waals surface area contributed by atoms with E-state index in [2.05, 4.69) is 51.6 Å². The molecule has 0 radical (unpaired) electrons. The maximum absolute atomic E-state index is 12.7. The molecule has 1 aliphatic heterocycles. The smallest absolute Gasteiger partial charge is 0.251 e. The second kappa shape index (κ2) is 14.3. The first-order valence-electron chi connectivity index (χ1n) is 14.3. The van der Waals surface area contributed by atoms with Crippen molar-refractivity contribution in [1.82, 2.24) is 15.3 Å². The van der Waals surface area contributed by atoms with E-state index in [0.29, 0.717) is 40.5 Å². The predicted octanol–water partition coefficient (Wildman–Crippen LogP) is 7.33. The van der Waals surface area contributed by atoms with Gasteiger partial charge >= 0.3 is 0 Å². The summed E-state index contributed by atoms with van der Waals surface area (Å²) in [4.78, 5) is 24.4. The zero-order valence-electron chi connectivity index (χ0n) is 24.0. The summed E-state index contributed by atoms with van der Waals surface area (Å²) in [5.74, 6) is 2.72. The molecule has 0 atom stereocenters. The highest BCUT2D eigenvalue weighted by atomic mass is 35.5. The number of rotatable bonds is 12. The van der Waals surface area contributed by atoms with E-state index in [1.807, 2.05) is 72.8 Å². The first-order valence-corrected chi connectivity index (χ1v) is 15.7. The summed E-state index contributed by atoms with van der Waals surface area (Å²) in [5, 5.41) is 3.98. The van der Waals surface area contributed by atoms with Gasteiger partial charge in [-0.3, -0.25) is 4.79 Å². The summed E-state index contributed by atoms with van der Waals surface area (Å²) in [6, 6.07) is 35.9. The minimum atomic E-state index is -0.140. The molecular formula is C35H31ClN4O3S. The molecule has 6 rings (SSSR count). The molecule has 222 valence electrons. The van der Waals surface area contributed by atoms with Crippen LogP contribution in [0.5, 0.6) is 11.5 Å². The van der Waals surface area contributed by atoms with E-state index in [1.165, 1.54) is 22.9 Å². The van der Waals surface area contributed by atoms with Gasteiger partial charge in [0.05, 0.1) is 0 Å². The zero-order valence-corrected chi connectivity index (χ0v) is 25.6. The van der Waals surface area contributed by atoms with Gasteiger partial charge in [-0.2, -0.15) is 0 Å². The van der Waals surface area contributed by atoms with Crippen LogP contribution in [-0.2, 0) is 25.3 Å². The molecule has 1 N–H and O–H groups in total. The number of benzene rings is 4. The summed E-state index contributed by atoms with van der Waals surface area (Å²) in [5.41, 5.74) is 5.06. The lowest BCUT2D eigenvalue weighted by Gasteiger charge is -2.24. The van der Waals surface area contributed by atoms with Crippen LogP contribution < -0.4 is 19.7 Å². The average Bonchev–Trinajstić information content (AvgIpc) is 3.54. The van der Waals surface area contributed by atoms with Crippen LogP contribution in [0.2, 0.25) is 5.15 Å². The molecule has 5 aromatic rings. The molecule has 2 heterocycles. The maximum atomic E-state index is 12.7. The van der Waals surface area contributed by atoms with Crippen LogP contribution in [0.15, 0.2) is 114 Å². The van der Waals surface area contributed by atoms with Gasteiger partial charge in [-0.05, 0) is 52.9 Å². The van der Waals surface area contributed by atoms with E-state index in [4.69, 9.17) is 26.1 Å². The number of aromatic nitrogens is 2. The summed E-state index contributed by atoms with van der Waals surface area (Å²) in [6.45, 7) is 2.12. The van der Waals surface area contributed by atoms with Crippen molar-refractivity contribution in [2.24, 2.45) is 0 Å². The Labute approximate surface area is 266 Å². The molecule has 0 fully saturated rings. The van der Waals surface area contributed by atoms with E-state index in [9.17, 15) is 4.79 Å². The quantitative estimate of drug-likeness (QED) is 0.0887. The molecule has 9 heteroatoms. The van der Waals surface area contributed by atoms with E-state index < -0.39 is 0 Å². The first kappa shape index (κ1) is 29.5. The van der Waals surface area contributed by atoms with Crippen LogP contribution in [0.1, 0.15) is 32.6 Å². The van der Waals surface area contributed by atoms with E-state index in [-0.39, 0.29) is 12.7 Å². The van der Waals surface area contributed by atoms with Gasteiger partial charge in [-0.1, -0.05) is 102 Å². The van der Waals surface area contributed by atoms with Gasteiger partial charge in [0.2, 0.25) is 6.79 Å². The molecule has 0 spiro atoms. The highest BCUT2D eigenvalue weighted by Gasteiger charge is 2.15. The van der Waals surface area contributed by atoms with Gasteiger partial charge in [-0.25, -0.2) is 9.97 Å². The van der Waals surface area contributed by atoms with Crippen LogP contribution in [-0.4, -0.2) is 29.2 Å². The van der Waals surface area contributed by atoms with Gasteiger partial charge in [0.25, 0.3) is 5.91 Å². The van der Waals surface area contributed by atoms with Crippen LogP contribution in [0.4, 0.5) is 5.82 Å². The van der Waals surface area contributed by atoms with Crippen LogP contribution in [0, 0.1) is 0 Å². The minimum Gasteiger partial charge on any atom is -0.454 e. The molecule has 7 nitrogen and oxygen atoms in total. The number of nitrogens with zero attached hydrogens (tertiary/aromatic N) is 3. The fourth-order valence-electron chi connectivity index (χ4n) is 4.83. The fraction of sp³-hybridized carbons (Fsp3) is 0.171. The number of hydrogen-bond acceptors (Lipinski definition) is 7. The average molecular weight is 623 g/mol. The Morgan fingerprint density at radius 1 is 0.795 bits per heavy atom. The minimum absolute atomic E-state index is 0.140.